The van der Waals surface area contributed by atoms with E-state index in [2.05, 4.69) is 20.7 Å². The van der Waals surface area contributed by atoms with Crippen LogP contribution in [-0.4, -0.2) is 47.1 Å². The molecular formula is C20H21FN6O4S. The van der Waals surface area contributed by atoms with Crippen molar-refractivity contribution in [3.63, 3.8) is 0 Å². The number of hydrazone groups is 1. The van der Waals surface area contributed by atoms with Gasteiger partial charge in [0, 0.05) is 36.3 Å². The monoisotopic (exact) mass is 460 g/mol. The molecule has 0 aliphatic rings. The third kappa shape index (κ3) is 4.81. The molecule has 0 aliphatic carbocycles. The van der Waals surface area contributed by atoms with Gasteiger partial charge in [-0.25, -0.2) is 12.8 Å². The molecule has 1 heterocycles. The summed E-state index contributed by atoms with van der Waals surface area (Å²) >= 11 is 0. The average Bonchev–Trinajstić information content (AvgIpc) is 3.23. The number of nitrogens with one attached hydrogen (secondary N) is 2. The number of nitrogens with zero attached hydrogens (tertiary/aromatic N) is 4. The fourth-order valence-electron chi connectivity index (χ4n) is 3.05. The summed E-state index contributed by atoms with van der Waals surface area (Å²) in [5.74, 6) is -0.370. The van der Waals surface area contributed by atoms with Gasteiger partial charge in [-0.2, -0.15) is 14.5 Å². The van der Waals surface area contributed by atoms with Gasteiger partial charge in [0.15, 0.2) is 0 Å². The number of sulfonamides is 1. The van der Waals surface area contributed by atoms with Crippen LogP contribution in [-0.2, 0) is 10.0 Å². The van der Waals surface area contributed by atoms with Gasteiger partial charge in [0.05, 0.1) is 28.7 Å². The molecule has 1 aromatic heterocycles. The van der Waals surface area contributed by atoms with E-state index in [4.69, 9.17) is 0 Å². The van der Waals surface area contributed by atoms with Crippen molar-refractivity contribution in [1.29, 1.82) is 0 Å². The first-order chi connectivity index (χ1) is 15.3. The highest BCUT2D eigenvalue weighted by molar-refractivity contribution is 7.89. The summed E-state index contributed by atoms with van der Waals surface area (Å²) < 4.78 is 40.4. The second kappa shape index (κ2) is 9.66. The van der Waals surface area contributed by atoms with Crippen LogP contribution >= 0.6 is 0 Å². The molecule has 3 rings (SSSR count). The van der Waals surface area contributed by atoms with E-state index in [0.717, 1.165) is 6.07 Å². The number of hydrogen-bond acceptors (Lipinski definition) is 7. The van der Waals surface area contributed by atoms with Crippen LogP contribution in [0.1, 0.15) is 19.4 Å². The Morgan fingerprint density at radius 1 is 1.22 bits per heavy atom. The minimum absolute atomic E-state index is 0.0885. The van der Waals surface area contributed by atoms with E-state index in [9.17, 15) is 22.9 Å². The van der Waals surface area contributed by atoms with Gasteiger partial charge in [-0.05, 0) is 30.3 Å². The normalized spacial score (nSPS) is 11.9. The second-order valence-electron chi connectivity index (χ2n) is 6.60. The van der Waals surface area contributed by atoms with E-state index in [-0.39, 0.29) is 35.2 Å². The molecule has 0 fully saturated rings. The van der Waals surface area contributed by atoms with Gasteiger partial charge in [-0.1, -0.05) is 13.8 Å². The van der Waals surface area contributed by atoms with Crippen LogP contribution < -0.4 is 5.43 Å². The summed E-state index contributed by atoms with van der Waals surface area (Å²) in [5, 5.41) is 22.0. The zero-order valence-corrected chi connectivity index (χ0v) is 18.1. The van der Waals surface area contributed by atoms with Crippen LogP contribution in [0.15, 0.2) is 58.7 Å². The van der Waals surface area contributed by atoms with Crippen molar-refractivity contribution in [2.24, 2.45) is 5.10 Å². The predicted molar refractivity (Wildman–Crippen MR) is 118 cm³/mol. The number of non-ortho nitro benzene ring substituents is 1. The molecule has 0 unspecified atom stereocenters. The van der Waals surface area contributed by atoms with Crippen LogP contribution in [0.25, 0.3) is 11.3 Å². The quantitative estimate of drug-likeness (QED) is 0.285. The van der Waals surface area contributed by atoms with Gasteiger partial charge >= 0.3 is 0 Å². The smallest absolute Gasteiger partial charge is 0.270 e. The highest BCUT2D eigenvalue weighted by atomic mass is 32.2. The van der Waals surface area contributed by atoms with E-state index in [1.165, 1.54) is 41.0 Å². The van der Waals surface area contributed by atoms with E-state index >= 15 is 0 Å². The Morgan fingerprint density at radius 2 is 1.91 bits per heavy atom. The Balaban J connectivity index is 1.93. The Morgan fingerprint density at radius 3 is 2.53 bits per heavy atom. The van der Waals surface area contributed by atoms with Gasteiger partial charge in [0.25, 0.3) is 5.69 Å². The molecule has 10 nitrogen and oxygen atoms in total. The number of rotatable bonds is 9. The first kappa shape index (κ1) is 23.0. The summed E-state index contributed by atoms with van der Waals surface area (Å²) in [4.78, 5) is 10.3. The Kier molecular flexibility index (Phi) is 6.95. The standard InChI is InChI=1S/C20H21FN6O4S/c1-3-26(4-2)32(30,31)19-11-17(27(28)29)9-10-18(19)24-22-12-15-13-23-25-20(15)14-5-7-16(21)8-6-14/h5-13,24H,3-4H2,1-2H3,(H,23,25)/b22-12+. The number of benzene rings is 2. The number of hydrogen-bond donors (Lipinski definition) is 2. The molecule has 2 N–H and O–H groups in total. The lowest BCUT2D eigenvalue weighted by Gasteiger charge is -2.20. The van der Waals surface area contributed by atoms with Crippen molar-refractivity contribution in [2.75, 3.05) is 18.5 Å². The number of anilines is 1. The number of aromatic nitrogens is 2. The number of aromatic amines is 1. The van der Waals surface area contributed by atoms with Crippen molar-refractivity contribution in [3.8, 4) is 11.3 Å². The molecule has 2 aromatic carbocycles. The Hall–Kier alpha value is -3.64. The zero-order chi connectivity index (χ0) is 23.3. The molecule has 32 heavy (non-hydrogen) atoms. The lowest BCUT2D eigenvalue weighted by molar-refractivity contribution is -0.385. The fourth-order valence-corrected chi connectivity index (χ4v) is 4.66. The summed E-state index contributed by atoms with van der Waals surface area (Å²) in [6.07, 6.45) is 2.92. The van der Waals surface area contributed by atoms with E-state index < -0.39 is 14.9 Å². The van der Waals surface area contributed by atoms with Gasteiger partial charge in [0.2, 0.25) is 10.0 Å². The molecule has 0 bridgehead atoms. The molecule has 0 spiro atoms. The molecular weight excluding hydrogens is 439 g/mol. The summed E-state index contributed by atoms with van der Waals surface area (Å²) in [6.45, 7) is 3.78. The van der Waals surface area contributed by atoms with Gasteiger partial charge in [-0.15, -0.1) is 0 Å². The molecule has 0 saturated carbocycles. The zero-order valence-electron chi connectivity index (χ0n) is 17.3. The molecule has 3 aromatic rings. The maximum Gasteiger partial charge on any atom is 0.270 e. The maximum atomic E-state index is 13.2. The molecule has 0 aliphatic heterocycles. The van der Waals surface area contributed by atoms with E-state index in [0.29, 0.717) is 16.8 Å². The predicted octanol–water partition coefficient (Wildman–Crippen LogP) is 3.60. The number of H-pyrrole nitrogens is 1. The second-order valence-corrected chi connectivity index (χ2v) is 8.51. The lowest BCUT2D eigenvalue weighted by Crippen LogP contribution is -2.31. The Bertz CT molecular complexity index is 1240. The largest absolute Gasteiger partial charge is 0.277 e. The van der Waals surface area contributed by atoms with Gasteiger partial charge in [-0.3, -0.25) is 20.6 Å². The highest BCUT2D eigenvalue weighted by Gasteiger charge is 2.27. The SMILES string of the molecule is CCN(CC)S(=O)(=O)c1cc([N+](=O)[O-])ccc1N/N=C/c1cn[nH]c1-c1ccc(F)cc1. The number of nitro benzene ring substituents is 1. The van der Waals surface area contributed by atoms with Crippen molar-refractivity contribution >= 4 is 27.6 Å². The first-order valence-electron chi connectivity index (χ1n) is 9.64. The van der Waals surface area contributed by atoms with Crippen molar-refractivity contribution in [3.05, 3.63) is 70.2 Å². The summed E-state index contributed by atoms with van der Waals surface area (Å²) in [6, 6.07) is 9.29. The van der Waals surface area contributed by atoms with Crippen molar-refractivity contribution in [1.82, 2.24) is 14.5 Å². The number of nitro groups is 1. The molecule has 0 amide bonds. The van der Waals surface area contributed by atoms with Crippen LogP contribution in [0.2, 0.25) is 0 Å². The van der Waals surface area contributed by atoms with E-state index in [1.54, 1.807) is 26.0 Å². The van der Waals surface area contributed by atoms with Crippen LogP contribution in [0.3, 0.4) is 0 Å². The van der Waals surface area contributed by atoms with Crippen molar-refractivity contribution < 1.29 is 17.7 Å². The third-order valence-electron chi connectivity index (χ3n) is 4.69. The fraction of sp³-hybridized carbons (Fsp3) is 0.200. The molecule has 168 valence electrons. The third-order valence-corrected chi connectivity index (χ3v) is 6.78. The number of halogens is 1. The van der Waals surface area contributed by atoms with Gasteiger partial charge in [0.1, 0.15) is 10.7 Å². The van der Waals surface area contributed by atoms with Crippen molar-refractivity contribution in [2.45, 2.75) is 18.7 Å². The minimum Gasteiger partial charge on any atom is -0.277 e. The summed E-state index contributed by atoms with van der Waals surface area (Å²) in [5.41, 5.74) is 4.24. The average molecular weight is 460 g/mol. The molecule has 0 saturated heterocycles. The summed E-state index contributed by atoms with van der Waals surface area (Å²) in [7, 11) is -3.99. The topological polar surface area (TPSA) is 134 Å². The highest BCUT2D eigenvalue weighted by Crippen LogP contribution is 2.29. The van der Waals surface area contributed by atoms with Crippen LogP contribution in [0.5, 0.6) is 0 Å². The molecule has 12 heteroatoms. The Labute approximate surface area is 184 Å². The lowest BCUT2D eigenvalue weighted by atomic mass is 10.1. The first-order valence-corrected chi connectivity index (χ1v) is 11.1. The molecule has 0 atom stereocenters. The minimum atomic E-state index is -3.99. The maximum absolute atomic E-state index is 13.2. The molecule has 0 radical (unpaired) electrons. The van der Waals surface area contributed by atoms with Crippen LogP contribution in [0, 0.1) is 15.9 Å². The van der Waals surface area contributed by atoms with E-state index in [1.807, 2.05) is 0 Å². The van der Waals surface area contributed by atoms with Gasteiger partial charge < -0.3 is 0 Å². The van der Waals surface area contributed by atoms with Crippen LogP contribution in [0.4, 0.5) is 15.8 Å².